The van der Waals surface area contributed by atoms with Gasteiger partial charge in [-0.2, -0.15) is 0 Å². The number of carbonyl (C=O) groups is 2. The van der Waals surface area contributed by atoms with Crippen molar-refractivity contribution in [2.45, 2.75) is 41.5 Å². The zero-order valence-electron chi connectivity index (χ0n) is 26.5. The molecule has 0 fully saturated rings. The molecule has 226 valence electrons. The summed E-state index contributed by atoms with van der Waals surface area (Å²) in [6, 6.07) is 17.1. The predicted molar refractivity (Wildman–Crippen MR) is 184 cm³/mol. The minimum absolute atomic E-state index is 0.0616. The van der Waals surface area contributed by atoms with Crippen LogP contribution in [0.5, 0.6) is 5.75 Å². The molecule has 0 spiro atoms. The van der Waals surface area contributed by atoms with E-state index in [2.05, 4.69) is 44.5 Å². The Balaban J connectivity index is 0.00000248. The fraction of sp³-hybridized carbons (Fsp3) is 0.297. The molecule has 2 unspecified atom stereocenters. The molecule has 4 rings (SSSR count). The summed E-state index contributed by atoms with van der Waals surface area (Å²) >= 11 is 3.30. The van der Waals surface area contributed by atoms with Gasteiger partial charge in [-0.3, -0.25) is 9.59 Å². The highest BCUT2D eigenvalue weighted by Gasteiger charge is 2.25. The van der Waals surface area contributed by atoms with Gasteiger partial charge in [-0.05, 0) is 77.2 Å². The molecule has 6 heteroatoms. The van der Waals surface area contributed by atoms with Gasteiger partial charge < -0.3 is 9.47 Å². The van der Waals surface area contributed by atoms with Crippen LogP contribution in [-0.4, -0.2) is 32.4 Å². The number of benzene rings is 2. The van der Waals surface area contributed by atoms with Crippen molar-refractivity contribution < 1.29 is 19.1 Å². The van der Waals surface area contributed by atoms with E-state index in [9.17, 15) is 9.59 Å². The summed E-state index contributed by atoms with van der Waals surface area (Å²) in [6.45, 7) is 21.0. The van der Waals surface area contributed by atoms with E-state index >= 15 is 0 Å². The molecule has 0 bridgehead atoms. The summed E-state index contributed by atoms with van der Waals surface area (Å²) in [6.07, 6.45) is 0. The number of hydrogen-bond donors (Lipinski definition) is 0. The standard InChI is InChI=1S/C35H36O4S2.C2H6/c1-20-15-31(25(6)32(36)22(3)21(2)18-38-7)41-34(20)35-24(5)30(19-40-35)27-12-9-11-26(16-27)23(4)33(37)28-13-10-14-29(17-28)39-8;1-2/h9-17,19,21-22H,4,6,18H2,1-3,5,7-8H3;1-2H3. The zero-order valence-corrected chi connectivity index (χ0v) is 28.1. The number of allylic oxidation sites excluding steroid dienone is 2. The smallest absolute Gasteiger partial charge is 0.193 e. The number of thiophene rings is 2. The molecule has 0 amide bonds. The van der Waals surface area contributed by atoms with E-state index in [0.29, 0.717) is 29.1 Å². The van der Waals surface area contributed by atoms with Crippen LogP contribution in [0.3, 0.4) is 0 Å². The van der Waals surface area contributed by atoms with E-state index in [1.54, 1.807) is 55.1 Å². The maximum Gasteiger partial charge on any atom is 0.193 e. The van der Waals surface area contributed by atoms with E-state index in [1.165, 1.54) is 4.88 Å². The molecule has 43 heavy (non-hydrogen) atoms. The van der Waals surface area contributed by atoms with Crippen LogP contribution >= 0.6 is 22.7 Å². The van der Waals surface area contributed by atoms with Crippen molar-refractivity contribution in [3.63, 3.8) is 0 Å². The van der Waals surface area contributed by atoms with Crippen LogP contribution in [0.15, 0.2) is 73.1 Å². The topological polar surface area (TPSA) is 52.6 Å². The molecule has 2 aromatic carbocycles. The molecule has 4 nitrogen and oxygen atoms in total. The maximum absolute atomic E-state index is 13.2. The van der Waals surface area contributed by atoms with Crippen molar-refractivity contribution in [2.24, 2.45) is 11.8 Å². The quantitative estimate of drug-likeness (QED) is 0.118. The second-order valence-electron chi connectivity index (χ2n) is 10.4. The SMILES string of the molecule is C=C(C(=O)c1cccc(OC)c1)c1cccc(-c2csc(-c3sc(C(=C)C(=O)C(C)C(C)COC)cc3C)c2C)c1.CC. The van der Waals surface area contributed by atoms with Gasteiger partial charge in [-0.15, -0.1) is 22.7 Å². The number of ketones is 2. The lowest BCUT2D eigenvalue weighted by Gasteiger charge is -2.18. The summed E-state index contributed by atoms with van der Waals surface area (Å²) in [4.78, 5) is 29.6. The van der Waals surface area contributed by atoms with Crippen molar-refractivity contribution >= 4 is 45.4 Å². The summed E-state index contributed by atoms with van der Waals surface area (Å²) in [5, 5.41) is 2.16. The first-order valence-corrected chi connectivity index (χ1v) is 16.2. The van der Waals surface area contributed by atoms with Crippen LogP contribution in [0.4, 0.5) is 0 Å². The van der Waals surface area contributed by atoms with Gasteiger partial charge in [-0.1, -0.05) is 71.2 Å². The van der Waals surface area contributed by atoms with Crippen molar-refractivity contribution in [1.82, 2.24) is 0 Å². The summed E-state index contributed by atoms with van der Waals surface area (Å²) in [5.74, 6) is 0.511. The Morgan fingerprint density at radius 2 is 1.56 bits per heavy atom. The van der Waals surface area contributed by atoms with Gasteiger partial charge in [0.1, 0.15) is 5.75 Å². The largest absolute Gasteiger partial charge is 0.497 e. The Labute approximate surface area is 264 Å². The number of rotatable bonds is 12. The molecule has 0 N–H and O–H groups in total. The third-order valence-electron chi connectivity index (χ3n) is 7.58. The molecule has 0 saturated carbocycles. The average Bonchev–Trinajstić information content (AvgIpc) is 3.61. The van der Waals surface area contributed by atoms with Crippen molar-refractivity contribution in [3.05, 3.63) is 100 Å². The molecule has 0 aliphatic carbocycles. The molecule has 0 radical (unpaired) electrons. The summed E-state index contributed by atoms with van der Waals surface area (Å²) in [7, 11) is 3.24. The molecule has 0 aliphatic heterocycles. The number of ether oxygens (including phenoxy) is 2. The monoisotopic (exact) mass is 614 g/mol. The Hall–Kier alpha value is -3.58. The second kappa shape index (κ2) is 15.2. The molecular weight excluding hydrogens is 573 g/mol. The van der Waals surface area contributed by atoms with Gasteiger partial charge in [0.05, 0.1) is 7.11 Å². The van der Waals surface area contributed by atoms with Crippen LogP contribution in [0.2, 0.25) is 0 Å². The van der Waals surface area contributed by atoms with Crippen LogP contribution in [0, 0.1) is 25.7 Å². The fourth-order valence-corrected chi connectivity index (χ4v) is 7.31. The first-order chi connectivity index (χ1) is 20.6. The minimum atomic E-state index is -0.166. The van der Waals surface area contributed by atoms with Crippen molar-refractivity contribution in [2.75, 3.05) is 20.8 Å². The van der Waals surface area contributed by atoms with Gasteiger partial charge in [-0.25, -0.2) is 0 Å². The summed E-state index contributed by atoms with van der Waals surface area (Å²) in [5.41, 5.74) is 6.73. The minimum Gasteiger partial charge on any atom is -0.497 e. The predicted octanol–water partition coefficient (Wildman–Crippen LogP) is 10.2. The third kappa shape index (κ3) is 7.50. The summed E-state index contributed by atoms with van der Waals surface area (Å²) < 4.78 is 10.5. The molecule has 4 aromatic rings. The molecule has 0 aliphatic rings. The third-order valence-corrected chi connectivity index (χ3v) is 10.1. The number of Topliss-reactive ketones (excluding diaryl/α,β-unsaturated/α-hetero) is 2. The van der Waals surface area contributed by atoms with Crippen molar-refractivity contribution in [1.29, 1.82) is 0 Å². The zero-order chi connectivity index (χ0) is 31.8. The Morgan fingerprint density at radius 3 is 2.23 bits per heavy atom. The maximum atomic E-state index is 13.2. The lowest BCUT2D eigenvalue weighted by Crippen LogP contribution is -2.22. The molecule has 2 heterocycles. The van der Waals surface area contributed by atoms with E-state index < -0.39 is 0 Å². The number of methoxy groups -OCH3 is 2. The Morgan fingerprint density at radius 1 is 0.884 bits per heavy atom. The highest BCUT2D eigenvalue weighted by atomic mass is 32.1. The Kier molecular flexibility index (Phi) is 12.0. The fourth-order valence-electron chi connectivity index (χ4n) is 4.79. The van der Waals surface area contributed by atoms with Crippen LogP contribution in [0.1, 0.15) is 59.6 Å². The number of hydrogen-bond acceptors (Lipinski definition) is 6. The molecular formula is C37H42O4S2. The van der Waals surface area contributed by atoms with Crippen LogP contribution < -0.4 is 4.74 Å². The first-order valence-electron chi connectivity index (χ1n) is 14.5. The number of carbonyl (C=O) groups excluding carboxylic acids is 2. The molecule has 2 aromatic heterocycles. The lowest BCUT2D eigenvalue weighted by molar-refractivity contribution is -0.118. The normalized spacial score (nSPS) is 12.1. The Bertz CT molecular complexity index is 1620. The first kappa shape index (κ1) is 33.9. The van der Waals surface area contributed by atoms with Gasteiger partial charge in [0.25, 0.3) is 0 Å². The van der Waals surface area contributed by atoms with Gasteiger partial charge in [0, 0.05) is 51.0 Å². The second-order valence-corrected chi connectivity index (χ2v) is 12.3. The molecule has 0 saturated heterocycles. The van der Waals surface area contributed by atoms with Crippen molar-refractivity contribution in [3.8, 4) is 26.6 Å². The number of aryl methyl sites for hydroxylation is 1. The highest BCUT2D eigenvalue weighted by Crippen LogP contribution is 2.44. The van der Waals surface area contributed by atoms with Crippen LogP contribution in [-0.2, 0) is 9.53 Å². The van der Waals surface area contributed by atoms with Gasteiger partial charge in [0.2, 0.25) is 0 Å². The van der Waals surface area contributed by atoms with Gasteiger partial charge >= 0.3 is 0 Å². The average molecular weight is 615 g/mol. The van der Waals surface area contributed by atoms with Gasteiger partial charge in [0.15, 0.2) is 11.6 Å². The highest BCUT2D eigenvalue weighted by molar-refractivity contribution is 7.22. The van der Waals surface area contributed by atoms with E-state index in [1.807, 2.05) is 52.0 Å². The van der Waals surface area contributed by atoms with E-state index in [-0.39, 0.29) is 23.4 Å². The van der Waals surface area contributed by atoms with E-state index in [0.717, 1.165) is 37.6 Å². The lowest BCUT2D eigenvalue weighted by atomic mass is 9.88. The molecule has 2 atom stereocenters. The van der Waals surface area contributed by atoms with E-state index in [4.69, 9.17) is 9.47 Å². The van der Waals surface area contributed by atoms with Crippen LogP contribution in [0.25, 0.3) is 32.0 Å².